The first-order valence-electron chi connectivity index (χ1n) is 11.1. The van der Waals surface area contributed by atoms with Crippen LogP contribution < -0.4 is 16.0 Å². The smallest absolute Gasteiger partial charge is 0.254 e. The Hall–Kier alpha value is -4.46. The maximum atomic E-state index is 13.0. The van der Waals surface area contributed by atoms with Gasteiger partial charge in [-0.3, -0.25) is 14.4 Å². The third kappa shape index (κ3) is 4.38. The largest absolute Gasteiger partial charge is 0.342 e. The lowest BCUT2D eigenvalue weighted by atomic mass is 10.1. The molecular weight excluding hydrogens is 430 g/mol. The maximum absolute atomic E-state index is 13.0. The van der Waals surface area contributed by atoms with Gasteiger partial charge in [-0.05, 0) is 36.2 Å². The number of hydrogen-bond acceptors (Lipinski definition) is 4. The summed E-state index contributed by atoms with van der Waals surface area (Å²) in [4.78, 5) is 46.1. The molecule has 170 valence electrons. The van der Waals surface area contributed by atoms with Crippen molar-refractivity contribution in [2.75, 3.05) is 5.32 Å². The Morgan fingerprint density at radius 3 is 2.50 bits per heavy atom. The van der Waals surface area contributed by atoms with E-state index < -0.39 is 12.1 Å². The lowest BCUT2D eigenvalue weighted by Crippen LogP contribution is -2.42. The number of hydrogen-bond donors (Lipinski definition) is 4. The Morgan fingerprint density at radius 1 is 0.941 bits per heavy atom. The molecule has 0 spiro atoms. The summed E-state index contributed by atoms with van der Waals surface area (Å²) in [5.74, 6) is -0.318. The zero-order valence-corrected chi connectivity index (χ0v) is 18.2. The minimum absolute atomic E-state index is 0.0538. The molecule has 0 fully saturated rings. The van der Waals surface area contributed by atoms with Crippen molar-refractivity contribution in [3.8, 4) is 0 Å². The molecule has 1 aliphatic heterocycles. The summed E-state index contributed by atoms with van der Waals surface area (Å²) in [6.07, 6.45) is 0.220. The van der Waals surface area contributed by atoms with E-state index in [1.54, 1.807) is 24.3 Å². The number of amides is 3. The first-order valence-corrected chi connectivity index (χ1v) is 11.1. The topological polar surface area (TPSA) is 116 Å². The Labute approximate surface area is 195 Å². The van der Waals surface area contributed by atoms with Crippen molar-refractivity contribution in [3.05, 3.63) is 95.8 Å². The molecule has 1 aliphatic rings. The second kappa shape index (κ2) is 9.19. The lowest BCUT2D eigenvalue weighted by molar-refractivity contribution is -0.122. The van der Waals surface area contributed by atoms with Crippen molar-refractivity contribution in [1.82, 2.24) is 20.6 Å². The fourth-order valence-corrected chi connectivity index (χ4v) is 4.09. The summed E-state index contributed by atoms with van der Waals surface area (Å²) in [6.45, 7) is 0. The number of rotatable bonds is 6. The standard InChI is InChI=1S/C26H23N5O3/c32-22(15-14-21-26(34)29-18-11-5-4-10-17(18)25(33)30-21)31-23(16-8-2-1-3-9-16)24-27-19-12-6-7-13-20(19)28-24/h1-13,21,23H,14-15H2,(H,27,28)(H,29,34)(H,30,33)(H,31,32)/t21-,23-/m1/s1. The SMILES string of the molecule is O=C(CC[C@H]1NC(=O)c2ccccc2NC1=O)N[C@H](c1ccccc1)c1nc2ccccc2[nH]1. The molecule has 0 radical (unpaired) electrons. The van der Waals surface area contributed by atoms with Crippen LogP contribution in [0.1, 0.15) is 40.6 Å². The Kier molecular flexibility index (Phi) is 5.78. The van der Waals surface area contributed by atoms with Gasteiger partial charge in [-0.2, -0.15) is 0 Å². The molecule has 4 N–H and O–H groups in total. The summed E-state index contributed by atoms with van der Waals surface area (Å²) >= 11 is 0. The van der Waals surface area contributed by atoms with E-state index in [2.05, 4.69) is 25.9 Å². The first kappa shape index (κ1) is 21.4. The molecule has 0 bridgehead atoms. The highest BCUT2D eigenvalue weighted by molar-refractivity contribution is 6.09. The zero-order chi connectivity index (χ0) is 23.5. The van der Waals surface area contributed by atoms with Crippen molar-refractivity contribution in [1.29, 1.82) is 0 Å². The maximum Gasteiger partial charge on any atom is 0.254 e. The second-order valence-corrected chi connectivity index (χ2v) is 8.15. The summed E-state index contributed by atoms with van der Waals surface area (Å²) in [5.41, 5.74) is 3.43. The van der Waals surface area contributed by atoms with E-state index in [-0.39, 0.29) is 30.6 Å². The average molecular weight is 454 g/mol. The number of carbonyl (C=O) groups is 3. The van der Waals surface area contributed by atoms with Gasteiger partial charge < -0.3 is 20.9 Å². The Balaban J connectivity index is 1.30. The van der Waals surface area contributed by atoms with Crippen LogP contribution in [-0.2, 0) is 9.59 Å². The molecule has 8 nitrogen and oxygen atoms in total. The third-order valence-electron chi connectivity index (χ3n) is 5.83. The second-order valence-electron chi connectivity index (χ2n) is 8.15. The van der Waals surface area contributed by atoms with Crippen LogP contribution in [0.25, 0.3) is 11.0 Å². The van der Waals surface area contributed by atoms with Gasteiger partial charge >= 0.3 is 0 Å². The van der Waals surface area contributed by atoms with E-state index in [1.807, 2.05) is 54.6 Å². The van der Waals surface area contributed by atoms with Gasteiger partial charge in [0.05, 0.1) is 22.3 Å². The van der Waals surface area contributed by atoms with Gasteiger partial charge in [0.15, 0.2) is 0 Å². The molecule has 3 aromatic carbocycles. The average Bonchev–Trinajstić information content (AvgIpc) is 3.24. The van der Waals surface area contributed by atoms with Gasteiger partial charge in [0.25, 0.3) is 5.91 Å². The lowest BCUT2D eigenvalue weighted by Gasteiger charge is -2.19. The Bertz CT molecular complexity index is 1330. The molecule has 8 heteroatoms. The molecule has 4 aromatic rings. The zero-order valence-electron chi connectivity index (χ0n) is 18.2. The number of benzene rings is 3. The summed E-state index contributed by atoms with van der Waals surface area (Å²) in [7, 11) is 0. The minimum atomic E-state index is -0.813. The number of nitrogens with zero attached hydrogens (tertiary/aromatic N) is 1. The quantitative estimate of drug-likeness (QED) is 0.358. The van der Waals surface area contributed by atoms with E-state index in [4.69, 9.17) is 0 Å². The van der Waals surface area contributed by atoms with Crippen LogP contribution in [0.3, 0.4) is 0 Å². The highest BCUT2D eigenvalue weighted by Gasteiger charge is 2.28. The number of imidazole rings is 1. The van der Waals surface area contributed by atoms with Crippen LogP contribution in [0.5, 0.6) is 0 Å². The van der Waals surface area contributed by atoms with Crippen LogP contribution >= 0.6 is 0 Å². The van der Waals surface area contributed by atoms with E-state index in [9.17, 15) is 14.4 Å². The molecule has 2 atom stereocenters. The van der Waals surface area contributed by atoms with Gasteiger partial charge in [0.1, 0.15) is 17.9 Å². The fourth-order valence-electron chi connectivity index (χ4n) is 4.09. The van der Waals surface area contributed by atoms with Crippen molar-refractivity contribution in [3.63, 3.8) is 0 Å². The van der Waals surface area contributed by atoms with Gasteiger partial charge in [-0.1, -0.05) is 54.6 Å². The highest BCUT2D eigenvalue weighted by atomic mass is 16.2. The molecule has 0 saturated heterocycles. The number of fused-ring (bicyclic) bond motifs is 2. The molecule has 2 heterocycles. The number of para-hydroxylation sites is 3. The predicted octanol–water partition coefficient (Wildman–Crippen LogP) is 3.30. The van der Waals surface area contributed by atoms with E-state index in [0.29, 0.717) is 17.1 Å². The van der Waals surface area contributed by atoms with Crippen LogP contribution in [-0.4, -0.2) is 33.7 Å². The summed E-state index contributed by atoms with van der Waals surface area (Å²) in [5, 5.41) is 8.52. The number of aromatic amines is 1. The van der Waals surface area contributed by atoms with Gasteiger partial charge in [0, 0.05) is 6.42 Å². The summed E-state index contributed by atoms with van der Waals surface area (Å²) in [6, 6.07) is 22.8. The number of H-pyrrole nitrogens is 1. The van der Waals surface area contributed by atoms with Gasteiger partial charge in [0.2, 0.25) is 11.8 Å². The van der Waals surface area contributed by atoms with Gasteiger partial charge in [-0.25, -0.2) is 4.98 Å². The molecule has 3 amide bonds. The van der Waals surface area contributed by atoms with Crippen molar-refractivity contribution < 1.29 is 14.4 Å². The molecule has 0 saturated carbocycles. The molecule has 5 rings (SSSR count). The molecule has 34 heavy (non-hydrogen) atoms. The van der Waals surface area contributed by atoms with Crippen LogP contribution in [0.2, 0.25) is 0 Å². The third-order valence-corrected chi connectivity index (χ3v) is 5.83. The summed E-state index contributed by atoms with van der Waals surface area (Å²) < 4.78 is 0. The van der Waals surface area contributed by atoms with Crippen LogP contribution in [0, 0.1) is 0 Å². The van der Waals surface area contributed by atoms with Crippen LogP contribution in [0.4, 0.5) is 5.69 Å². The Morgan fingerprint density at radius 2 is 1.68 bits per heavy atom. The predicted molar refractivity (Wildman–Crippen MR) is 128 cm³/mol. The molecule has 0 unspecified atom stereocenters. The fraction of sp³-hybridized carbons (Fsp3) is 0.154. The van der Waals surface area contributed by atoms with Crippen molar-refractivity contribution in [2.24, 2.45) is 0 Å². The minimum Gasteiger partial charge on any atom is -0.342 e. The highest BCUT2D eigenvalue weighted by Crippen LogP contribution is 2.23. The van der Waals surface area contributed by atoms with Gasteiger partial charge in [-0.15, -0.1) is 0 Å². The van der Waals surface area contributed by atoms with E-state index in [0.717, 1.165) is 16.6 Å². The van der Waals surface area contributed by atoms with Crippen molar-refractivity contribution >= 4 is 34.4 Å². The van der Waals surface area contributed by atoms with E-state index in [1.165, 1.54) is 0 Å². The van der Waals surface area contributed by atoms with Crippen LogP contribution in [0.15, 0.2) is 78.9 Å². The molecule has 0 aliphatic carbocycles. The first-order chi connectivity index (χ1) is 16.6. The number of aromatic nitrogens is 2. The van der Waals surface area contributed by atoms with Crippen molar-refractivity contribution in [2.45, 2.75) is 24.9 Å². The number of anilines is 1. The number of carbonyl (C=O) groups excluding carboxylic acids is 3. The normalized spacial score (nSPS) is 16.2. The van der Waals surface area contributed by atoms with E-state index >= 15 is 0 Å². The monoisotopic (exact) mass is 453 g/mol. The molecular formula is C26H23N5O3. The molecule has 1 aromatic heterocycles. The number of nitrogens with one attached hydrogen (secondary N) is 4.